The van der Waals surface area contributed by atoms with E-state index in [4.69, 9.17) is 9.47 Å². The van der Waals surface area contributed by atoms with E-state index in [2.05, 4.69) is 20.6 Å². The third-order valence-corrected chi connectivity index (χ3v) is 4.26. The highest BCUT2D eigenvalue weighted by molar-refractivity contribution is 5.93. The molecular weight excluding hydrogens is 368 g/mol. The Hall–Kier alpha value is -3.61. The van der Waals surface area contributed by atoms with Crippen molar-refractivity contribution in [1.29, 1.82) is 0 Å². The van der Waals surface area contributed by atoms with Gasteiger partial charge in [-0.15, -0.1) is 0 Å². The molecule has 1 amide bonds. The standard InChI is InChI=1S/C22H24N4O3/c1-15-24-18(14-21(25-15)26-17-7-5-4-6-8-17)22(27)23-12-11-16-9-10-19(28-2)20(13-16)29-3/h4-10,13-14H,11-12H2,1-3H3,(H,23,27)(H,24,25,26). The Labute approximate surface area is 170 Å². The third-order valence-electron chi connectivity index (χ3n) is 4.26. The Bertz CT molecular complexity index is 977. The lowest BCUT2D eigenvalue weighted by Gasteiger charge is -2.11. The van der Waals surface area contributed by atoms with Crippen LogP contribution in [0.3, 0.4) is 0 Å². The molecule has 1 heterocycles. The largest absolute Gasteiger partial charge is 0.493 e. The lowest BCUT2D eigenvalue weighted by molar-refractivity contribution is 0.0949. The van der Waals surface area contributed by atoms with Crippen LogP contribution in [0.15, 0.2) is 54.6 Å². The Morgan fingerprint density at radius 2 is 1.72 bits per heavy atom. The second-order valence-electron chi connectivity index (χ2n) is 6.37. The molecule has 3 aromatic rings. The molecule has 0 radical (unpaired) electrons. The maximum atomic E-state index is 12.5. The zero-order chi connectivity index (χ0) is 20.6. The molecule has 29 heavy (non-hydrogen) atoms. The van der Waals surface area contributed by atoms with Gasteiger partial charge in [0.1, 0.15) is 17.3 Å². The summed E-state index contributed by atoms with van der Waals surface area (Å²) in [7, 11) is 3.20. The summed E-state index contributed by atoms with van der Waals surface area (Å²) in [6.07, 6.45) is 0.658. The number of carbonyl (C=O) groups excluding carboxylic acids is 1. The molecule has 0 aliphatic carbocycles. The van der Waals surface area contributed by atoms with E-state index in [-0.39, 0.29) is 5.91 Å². The van der Waals surface area contributed by atoms with Crippen LogP contribution in [0.5, 0.6) is 11.5 Å². The molecule has 7 heteroatoms. The fourth-order valence-corrected chi connectivity index (χ4v) is 2.86. The topological polar surface area (TPSA) is 85.4 Å². The van der Waals surface area contributed by atoms with E-state index >= 15 is 0 Å². The number of aromatic nitrogens is 2. The molecule has 0 unspecified atom stereocenters. The van der Waals surface area contributed by atoms with Crippen molar-refractivity contribution >= 4 is 17.4 Å². The fourth-order valence-electron chi connectivity index (χ4n) is 2.86. The number of benzene rings is 2. The summed E-state index contributed by atoms with van der Waals surface area (Å²) < 4.78 is 10.6. The van der Waals surface area contributed by atoms with Crippen molar-refractivity contribution in [3.05, 3.63) is 71.7 Å². The number of nitrogens with one attached hydrogen (secondary N) is 2. The number of hydrogen-bond acceptors (Lipinski definition) is 6. The van der Waals surface area contributed by atoms with Crippen molar-refractivity contribution in [3.63, 3.8) is 0 Å². The number of nitrogens with zero attached hydrogens (tertiary/aromatic N) is 2. The SMILES string of the molecule is COc1ccc(CCNC(=O)c2cc(Nc3ccccc3)nc(C)n2)cc1OC. The van der Waals surface area contributed by atoms with Crippen LogP contribution >= 0.6 is 0 Å². The number of ether oxygens (including phenoxy) is 2. The highest BCUT2D eigenvalue weighted by atomic mass is 16.5. The minimum absolute atomic E-state index is 0.243. The van der Waals surface area contributed by atoms with Crippen LogP contribution in [0, 0.1) is 6.92 Å². The minimum atomic E-state index is -0.243. The maximum absolute atomic E-state index is 12.5. The van der Waals surface area contributed by atoms with Gasteiger partial charge in [0.2, 0.25) is 0 Å². The van der Waals surface area contributed by atoms with E-state index < -0.39 is 0 Å². The summed E-state index contributed by atoms with van der Waals surface area (Å²) in [6, 6.07) is 17.0. The molecule has 0 spiro atoms. The van der Waals surface area contributed by atoms with Gasteiger partial charge >= 0.3 is 0 Å². The average Bonchev–Trinajstić information content (AvgIpc) is 2.73. The molecule has 0 saturated carbocycles. The zero-order valence-electron chi connectivity index (χ0n) is 16.7. The third kappa shape index (κ3) is 5.44. The van der Waals surface area contributed by atoms with Crippen molar-refractivity contribution in [1.82, 2.24) is 15.3 Å². The summed E-state index contributed by atoms with van der Waals surface area (Å²) in [5.74, 6) is 2.20. The highest BCUT2D eigenvalue weighted by Crippen LogP contribution is 2.27. The molecule has 0 aliphatic heterocycles. The quantitative estimate of drug-likeness (QED) is 0.610. The molecule has 7 nitrogen and oxygen atoms in total. The van der Waals surface area contributed by atoms with E-state index in [0.29, 0.717) is 41.8 Å². The Morgan fingerprint density at radius 1 is 0.966 bits per heavy atom. The van der Waals surface area contributed by atoms with Crippen LogP contribution in [0.1, 0.15) is 21.9 Å². The number of hydrogen-bond donors (Lipinski definition) is 2. The molecule has 2 aromatic carbocycles. The molecule has 150 valence electrons. The van der Waals surface area contributed by atoms with Gasteiger partial charge in [-0.05, 0) is 43.2 Å². The first-order valence-electron chi connectivity index (χ1n) is 9.26. The number of para-hydroxylation sites is 1. The molecule has 1 aromatic heterocycles. The van der Waals surface area contributed by atoms with Gasteiger partial charge in [0.05, 0.1) is 14.2 Å². The van der Waals surface area contributed by atoms with E-state index in [9.17, 15) is 4.79 Å². The molecule has 0 bridgehead atoms. The van der Waals surface area contributed by atoms with Crippen molar-refractivity contribution in [2.45, 2.75) is 13.3 Å². The average molecular weight is 392 g/mol. The van der Waals surface area contributed by atoms with E-state index in [1.807, 2.05) is 48.5 Å². The van der Waals surface area contributed by atoms with Gasteiger partial charge in [-0.2, -0.15) is 0 Å². The number of rotatable bonds is 8. The minimum Gasteiger partial charge on any atom is -0.493 e. The Kier molecular flexibility index (Phi) is 6.63. The summed E-state index contributed by atoms with van der Waals surface area (Å²) in [5, 5.41) is 6.09. The van der Waals surface area contributed by atoms with Crippen LogP contribution in [-0.4, -0.2) is 36.6 Å². The maximum Gasteiger partial charge on any atom is 0.270 e. The second kappa shape index (κ2) is 9.54. The zero-order valence-corrected chi connectivity index (χ0v) is 16.7. The Morgan fingerprint density at radius 3 is 2.45 bits per heavy atom. The molecular formula is C22H24N4O3. The molecule has 0 saturated heterocycles. The van der Waals surface area contributed by atoms with E-state index in [0.717, 1.165) is 11.3 Å². The van der Waals surface area contributed by atoms with E-state index in [1.165, 1.54) is 0 Å². The Balaban J connectivity index is 1.62. The molecule has 0 fully saturated rings. The first kappa shape index (κ1) is 20.1. The molecule has 0 aliphatic rings. The number of amides is 1. The predicted octanol–water partition coefficient (Wildman–Crippen LogP) is 3.52. The normalized spacial score (nSPS) is 10.3. The van der Waals surface area contributed by atoms with Crippen LogP contribution < -0.4 is 20.1 Å². The first-order chi connectivity index (χ1) is 14.1. The smallest absolute Gasteiger partial charge is 0.270 e. The number of carbonyl (C=O) groups is 1. The van der Waals surface area contributed by atoms with Gasteiger partial charge in [-0.1, -0.05) is 24.3 Å². The van der Waals surface area contributed by atoms with Gasteiger partial charge in [0.15, 0.2) is 11.5 Å². The van der Waals surface area contributed by atoms with Crippen molar-refractivity contribution in [2.24, 2.45) is 0 Å². The highest BCUT2D eigenvalue weighted by Gasteiger charge is 2.11. The second-order valence-corrected chi connectivity index (χ2v) is 6.37. The first-order valence-corrected chi connectivity index (χ1v) is 9.26. The van der Waals surface area contributed by atoms with Crippen molar-refractivity contribution in [2.75, 3.05) is 26.1 Å². The summed E-state index contributed by atoms with van der Waals surface area (Å²) in [4.78, 5) is 21.1. The summed E-state index contributed by atoms with van der Waals surface area (Å²) >= 11 is 0. The van der Waals surface area contributed by atoms with E-state index in [1.54, 1.807) is 27.2 Å². The molecule has 3 rings (SSSR count). The summed E-state index contributed by atoms with van der Waals surface area (Å²) in [5.41, 5.74) is 2.25. The van der Waals surface area contributed by atoms with Gasteiger partial charge in [-0.25, -0.2) is 9.97 Å². The van der Waals surface area contributed by atoms with Crippen molar-refractivity contribution in [3.8, 4) is 11.5 Å². The monoisotopic (exact) mass is 392 g/mol. The number of anilines is 2. The molecule has 2 N–H and O–H groups in total. The van der Waals surface area contributed by atoms with Crippen LogP contribution in [0.2, 0.25) is 0 Å². The van der Waals surface area contributed by atoms with Crippen LogP contribution in [0.4, 0.5) is 11.5 Å². The lowest BCUT2D eigenvalue weighted by Crippen LogP contribution is -2.27. The predicted molar refractivity (Wildman–Crippen MR) is 112 cm³/mol. The van der Waals surface area contributed by atoms with Gasteiger partial charge in [-0.3, -0.25) is 4.79 Å². The lowest BCUT2D eigenvalue weighted by atomic mass is 10.1. The molecule has 0 atom stereocenters. The van der Waals surface area contributed by atoms with Crippen LogP contribution in [-0.2, 0) is 6.42 Å². The fraction of sp³-hybridized carbons (Fsp3) is 0.227. The van der Waals surface area contributed by atoms with Gasteiger partial charge in [0.25, 0.3) is 5.91 Å². The van der Waals surface area contributed by atoms with Crippen LogP contribution in [0.25, 0.3) is 0 Å². The summed E-state index contributed by atoms with van der Waals surface area (Å²) in [6.45, 7) is 2.23. The number of methoxy groups -OCH3 is 2. The van der Waals surface area contributed by atoms with Gasteiger partial charge < -0.3 is 20.1 Å². The van der Waals surface area contributed by atoms with Crippen molar-refractivity contribution < 1.29 is 14.3 Å². The number of aryl methyl sites for hydroxylation is 1. The van der Waals surface area contributed by atoms with Gasteiger partial charge in [0, 0.05) is 18.3 Å².